The van der Waals surface area contributed by atoms with Crippen molar-refractivity contribution in [1.29, 1.82) is 0 Å². The zero-order chi connectivity index (χ0) is 16.3. The minimum Gasteiger partial charge on any atom is -0.393 e. The van der Waals surface area contributed by atoms with Gasteiger partial charge in [0.1, 0.15) is 5.82 Å². The topological polar surface area (TPSA) is 113 Å². The van der Waals surface area contributed by atoms with Crippen LogP contribution in [0.2, 0.25) is 0 Å². The normalized spacial score (nSPS) is 25.0. The van der Waals surface area contributed by atoms with E-state index in [1.54, 1.807) is 0 Å². The Balaban J connectivity index is 2.18. The molecule has 7 nitrogen and oxygen atoms in total. The Labute approximate surface area is 130 Å². The molecule has 7 heteroatoms. The molecule has 1 aromatic rings. The maximum atomic E-state index is 11.5. The van der Waals surface area contributed by atoms with E-state index in [9.17, 15) is 9.90 Å². The van der Waals surface area contributed by atoms with Crippen LogP contribution >= 0.6 is 0 Å². The van der Waals surface area contributed by atoms with E-state index in [1.165, 1.54) is 6.20 Å². The van der Waals surface area contributed by atoms with Crippen LogP contribution in [0.4, 0.5) is 11.8 Å². The largest absolute Gasteiger partial charge is 0.393 e. The van der Waals surface area contributed by atoms with Gasteiger partial charge in [-0.2, -0.15) is 4.98 Å². The van der Waals surface area contributed by atoms with Crippen molar-refractivity contribution < 1.29 is 9.90 Å². The third-order valence-electron chi connectivity index (χ3n) is 3.97. The van der Waals surface area contributed by atoms with Crippen LogP contribution in [-0.2, 0) is 0 Å². The molecule has 1 aliphatic carbocycles. The van der Waals surface area contributed by atoms with E-state index in [-0.39, 0.29) is 23.8 Å². The summed E-state index contributed by atoms with van der Waals surface area (Å²) in [5, 5.41) is 16.3. The molecule has 5 N–H and O–H groups in total. The Bertz CT molecular complexity index is 535. The molecule has 1 aromatic heterocycles. The molecule has 122 valence electrons. The average molecular weight is 307 g/mol. The second kappa shape index (κ2) is 6.91. The van der Waals surface area contributed by atoms with Crippen LogP contribution in [0.5, 0.6) is 0 Å². The highest BCUT2D eigenvalue weighted by Crippen LogP contribution is 2.27. The summed E-state index contributed by atoms with van der Waals surface area (Å²) in [4.78, 5) is 20.0. The molecule has 22 heavy (non-hydrogen) atoms. The first kappa shape index (κ1) is 16.5. The van der Waals surface area contributed by atoms with Gasteiger partial charge in [0, 0.05) is 18.3 Å². The summed E-state index contributed by atoms with van der Waals surface area (Å²) in [6.45, 7) is 6.01. The van der Waals surface area contributed by atoms with Gasteiger partial charge >= 0.3 is 0 Å². The number of aliphatic hydroxyl groups excluding tert-OH is 1. The fourth-order valence-electron chi connectivity index (χ4n) is 2.62. The summed E-state index contributed by atoms with van der Waals surface area (Å²) in [6, 6.07) is 0.260. The Hall–Kier alpha value is -1.89. The summed E-state index contributed by atoms with van der Waals surface area (Å²) in [5.74, 6) is 0.616. The molecule has 2 rings (SSSR count). The van der Waals surface area contributed by atoms with E-state index in [0.717, 1.165) is 12.8 Å². The van der Waals surface area contributed by atoms with Gasteiger partial charge in [-0.05, 0) is 39.0 Å². The lowest BCUT2D eigenvalue weighted by molar-refractivity contribution is 0.0739. The molecule has 1 aliphatic rings. The first-order chi connectivity index (χ1) is 10.4. The molecule has 1 fully saturated rings. The minimum atomic E-state index is -0.566. The van der Waals surface area contributed by atoms with Crippen molar-refractivity contribution in [2.75, 3.05) is 10.6 Å². The highest BCUT2D eigenvalue weighted by Gasteiger charge is 2.27. The smallest absolute Gasteiger partial charge is 0.254 e. The second-order valence-corrected chi connectivity index (χ2v) is 6.32. The van der Waals surface area contributed by atoms with Gasteiger partial charge in [0.25, 0.3) is 5.91 Å². The number of nitrogens with two attached hydrogens (primary N) is 1. The number of carbonyl (C=O) groups excluding carboxylic acids is 1. The number of aliphatic hydroxyl groups is 1. The van der Waals surface area contributed by atoms with E-state index in [1.807, 2.05) is 20.8 Å². The molecule has 1 amide bonds. The number of nitrogens with one attached hydrogen (secondary N) is 2. The Kier molecular flexibility index (Phi) is 5.18. The fourth-order valence-corrected chi connectivity index (χ4v) is 2.62. The number of hydrogen-bond donors (Lipinski definition) is 4. The summed E-state index contributed by atoms with van der Waals surface area (Å²) >= 11 is 0. The van der Waals surface area contributed by atoms with Gasteiger partial charge < -0.3 is 21.5 Å². The molecule has 1 unspecified atom stereocenters. The zero-order valence-corrected chi connectivity index (χ0v) is 13.3. The predicted octanol–water partition coefficient (Wildman–Crippen LogP) is 1.36. The van der Waals surface area contributed by atoms with Crippen molar-refractivity contribution >= 4 is 17.7 Å². The van der Waals surface area contributed by atoms with Gasteiger partial charge in [-0.15, -0.1) is 0 Å². The van der Waals surface area contributed by atoms with Crippen LogP contribution < -0.4 is 16.4 Å². The quantitative estimate of drug-likeness (QED) is 0.653. The van der Waals surface area contributed by atoms with Crippen molar-refractivity contribution in [3.05, 3.63) is 11.8 Å². The molecular weight excluding hydrogens is 282 g/mol. The summed E-state index contributed by atoms with van der Waals surface area (Å²) < 4.78 is 0. The number of rotatable bonds is 5. The third-order valence-corrected chi connectivity index (χ3v) is 3.97. The second-order valence-electron chi connectivity index (χ2n) is 6.32. The summed E-state index contributed by atoms with van der Waals surface area (Å²) in [5.41, 5.74) is 5.66. The van der Waals surface area contributed by atoms with E-state index < -0.39 is 5.91 Å². The number of hydrogen-bond acceptors (Lipinski definition) is 6. The molecule has 0 spiro atoms. The van der Waals surface area contributed by atoms with Gasteiger partial charge in [-0.1, -0.05) is 6.92 Å². The van der Waals surface area contributed by atoms with Crippen molar-refractivity contribution in [3.63, 3.8) is 0 Å². The van der Waals surface area contributed by atoms with E-state index in [4.69, 9.17) is 5.73 Å². The van der Waals surface area contributed by atoms with E-state index in [0.29, 0.717) is 24.1 Å². The molecule has 0 saturated heterocycles. The van der Waals surface area contributed by atoms with Crippen molar-refractivity contribution in [2.24, 2.45) is 11.7 Å². The first-order valence-electron chi connectivity index (χ1n) is 7.74. The summed E-state index contributed by atoms with van der Waals surface area (Å²) in [6.07, 6.45) is 3.60. The average Bonchev–Trinajstić information content (AvgIpc) is 2.42. The lowest BCUT2D eigenvalue weighted by Crippen LogP contribution is -2.35. The molecule has 1 heterocycles. The standard InChI is InChI=1S/C15H25N5O2/c1-8(2)18-15-17-7-11(13(16)22)14(20-15)19-10-5-4-9(3)12(21)6-10/h7-10,12,21H,4-6H2,1-3H3,(H2,16,22)(H2,17,18,19,20)/t9-,10?,12-/m1/s1. The third kappa shape index (κ3) is 4.07. The highest BCUT2D eigenvalue weighted by atomic mass is 16.3. The van der Waals surface area contributed by atoms with Crippen molar-refractivity contribution in [1.82, 2.24) is 9.97 Å². The van der Waals surface area contributed by atoms with Crippen molar-refractivity contribution in [2.45, 2.75) is 58.2 Å². The number of nitrogens with zero attached hydrogens (tertiary/aromatic N) is 2. The van der Waals surface area contributed by atoms with Gasteiger partial charge in [0.15, 0.2) is 0 Å². The number of anilines is 2. The van der Waals surface area contributed by atoms with Gasteiger partial charge in [-0.25, -0.2) is 4.98 Å². The minimum absolute atomic E-state index is 0.0751. The van der Waals surface area contributed by atoms with Crippen molar-refractivity contribution in [3.8, 4) is 0 Å². The number of primary amides is 1. The van der Waals surface area contributed by atoms with Crippen LogP contribution in [0, 0.1) is 5.92 Å². The van der Waals surface area contributed by atoms with Crippen LogP contribution in [-0.4, -0.2) is 39.2 Å². The SMILES string of the molecule is CC(C)Nc1ncc(C(N)=O)c(NC2CC[C@@H](C)[C@H](O)C2)n1. The Morgan fingerprint density at radius 1 is 1.45 bits per heavy atom. The van der Waals surface area contributed by atoms with Gasteiger partial charge in [0.05, 0.1) is 11.7 Å². The number of carbonyl (C=O) groups is 1. The van der Waals surface area contributed by atoms with Crippen LogP contribution in [0.25, 0.3) is 0 Å². The molecular formula is C15H25N5O2. The lowest BCUT2D eigenvalue weighted by Gasteiger charge is -2.32. The summed E-state index contributed by atoms with van der Waals surface area (Å²) in [7, 11) is 0. The van der Waals surface area contributed by atoms with Crippen LogP contribution in [0.3, 0.4) is 0 Å². The Morgan fingerprint density at radius 2 is 2.18 bits per heavy atom. The maximum Gasteiger partial charge on any atom is 0.254 e. The fraction of sp³-hybridized carbons (Fsp3) is 0.667. The zero-order valence-electron chi connectivity index (χ0n) is 13.3. The first-order valence-corrected chi connectivity index (χ1v) is 7.74. The van der Waals surface area contributed by atoms with Gasteiger partial charge in [-0.3, -0.25) is 4.79 Å². The van der Waals surface area contributed by atoms with Crippen LogP contribution in [0.15, 0.2) is 6.20 Å². The number of aromatic nitrogens is 2. The molecule has 0 radical (unpaired) electrons. The van der Waals surface area contributed by atoms with Crippen LogP contribution in [0.1, 0.15) is 50.4 Å². The van der Waals surface area contributed by atoms with Gasteiger partial charge in [0.2, 0.25) is 5.95 Å². The molecule has 0 aromatic carbocycles. The number of amides is 1. The predicted molar refractivity (Wildman–Crippen MR) is 85.7 cm³/mol. The maximum absolute atomic E-state index is 11.5. The lowest BCUT2D eigenvalue weighted by atomic mass is 9.85. The molecule has 1 saturated carbocycles. The molecule has 0 aliphatic heterocycles. The monoisotopic (exact) mass is 307 g/mol. The highest BCUT2D eigenvalue weighted by molar-refractivity contribution is 5.97. The molecule has 0 bridgehead atoms. The van der Waals surface area contributed by atoms with E-state index in [2.05, 4.69) is 20.6 Å². The Morgan fingerprint density at radius 3 is 2.77 bits per heavy atom. The molecule has 3 atom stereocenters. The van der Waals surface area contributed by atoms with E-state index >= 15 is 0 Å².